The topological polar surface area (TPSA) is 94.2 Å². The van der Waals surface area contributed by atoms with Crippen LogP contribution in [-0.4, -0.2) is 41.7 Å². The Labute approximate surface area is 192 Å². The van der Waals surface area contributed by atoms with E-state index < -0.39 is 10.0 Å². The molecule has 33 heavy (non-hydrogen) atoms. The highest BCUT2D eigenvalue weighted by atomic mass is 32.2. The van der Waals surface area contributed by atoms with Crippen LogP contribution >= 0.6 is 0 Å². The van der Waals surface area contributed by atoms with Gasteiger partial charge in [-0.25, -0.2) is 8.42 Å². The van der Waals surface area contributed by atoms with Crippen molar-refractivity contribution in [3.05, 3.63) is 72.3 Å². The molecule has 1 heterocycles. The number of sulfonamides is 1. The zero-order valence-electron chi connectivity index (χ0n) is 18.3. The summed E-state index contributed by atoms with van der Waals surface area (Å²) in [5, 5.41) is 2.72. The van der Waals surface area contributed by atoms with Crippen LogP contribution in [0.2, 0.25) is 0 Å². The van der Waals surface area contributed by atoms with Crippen LogP contribution in [0.3, 0.4) is 0 Å². The molecule has 9 heteroatoms. The van der Waals surface area contributed by atoms with Crippen molar-refractivity contribution >= 4 is 27.3 Å². The predicted molar refractivity (Wildman–Crippen MR) is 125 cm³/mol. The lowest BCUT2D eigenvalue weighted by Gasteiger charge is -2.19. The molecule has 0 aliphatic carbocycles. The number of methoxy groups -OCH3 is 2. The molecule has 8 nitrogen and oxygen atoms in total. The van der Waals surface area contributed by atoms with Crippen LogP contribution in [-0.2, 0) is 21.2 Å². The molecule has 1 aliphatic rings. The highest BCUT2D eigenvalue weighted by molar-refractivity contribution is 7.92. The van der Waals surface area contributed by atoms with E-state index in [0.29, 0.717) is 41.6 Å². The first kappa shape index (κ1) is 22.5. The van der Waals surface area contributed by atoms with Crippen molar-refractivity contribution in [1.82, 2.24) is 0 Å². The smallest absolute Gasteiger partial charge is 0.264 e. The quantitative estimate of drug-likeness (QED) is 0.544. The van der Waals surface area contributed by atoms with E-state index in [-0.39, 0.29) is 17.4 Å². The second-order valence-corrected chi connectivity index (χ2v) is 9.19. The Bertz CT molecular complexity index is 1260. The molecule has 3 aromatic carbocycles. The van der Waals surface area contributed by atoms with Crippen molar-refractivity contribution in [3.63, 3.8) is 0 Å². The number of hydrogen-bond acceptors (Lipinski definition) is 6. The summed E-state index contributed by atoms with van der Waals surface area (Å²) in [5.74, 6) is 1.06. The maximum atomic E-state index is 13.1. The van der Waals surface area contributed by atoms with Gasteiger partial charge in [0.05, 0.1) is 30.5 Å². The molecule has 172 valence electrons. The molecule has 0 aromatic heterocycles. The lowest BCUT2D eigenvalue weighted by atomic mass is 10.2. The SMILES string of the molecule is COc1ccc(NC(=O)COc2ccc(S(=O)(=O)N3CCc4ccccc43)cc2)c(OC)c1. The van der Waals surface area contributed by atoms with E-state index in [1.165, 1.54) is 35.7 Å². The number of rotatable bonds is 8. The molecule has 4 rings (SSSR count). The zero-order valence-corrected chi connectivity index (χ0v) is 19.1. The second kappa shape index (κ2) is 9.41. The molecule has 3 aromatic rings. The summed E-state index contributed by atoms with van der Waals surface area (Å²) < 4.78 is 43.5. The predicted octanol–water partition coefficient (Wildman–Crippen LogP) is 3.47. The lowest BCUT2D eigenvalue weighted by molar-refractivity contribution is -0.118. The van der Waals surface area contributed by atoms with Crippen molar-refractivity contribution in [1.29, 1.82) is 0 Å². The van der Waals surface area contributed by atoms with Crippen LogP contribution in [0.5, 0.6) is 17.2 Å². The van der Waals surface area contributed by atoms with Gasteiger partial charge in [-0.3, -0.25) is 9.10 Å². The van der Waals surface area contributed by atoms with Crippen LogP contribution in [0.15, 0.2) is 71.6 Å². The summed E-state index contributed by atoms with van der Waals surface area (Å²) in [6.45, 7) is 0.162. The fraction of sp³-hybridized carbons (Fsp3) is 0.208. The van der Waals surface area contributed by atoms with Crippen molar-refractivity contribution in [2.24, 2.45) is 0 Å². The van der Waals surface area contributed by atoms with Gasteiger partial charge in [0.25, 0.3) is 15.9 Å². The van der Waals surface area contributed by atoms with Crippen molar-refractivity contribution in [3.8, 4) is 17.2 Å². The van der Waals surface area contributed by atoms with E-state index in [2.05, 4.69) is 5.32 Å². The number of para-hydroxylation sites is 1. The number of nitrogens with zero attached hydrogens (tertiary/aromatic N) is 1. The van der Waals surface area contributed by atoms with Gasteiger partial charge in [0, 0.05) is 12.6 Å². The number of fused-ring (bicyclic) bond motifs is 1. The Hall–Kier alpha value is -3.72. The molecule has 0 fully saturated rings. The molecule has 0 saturated carbocycles. The number of hydrogen-bond donors (Lipinski definition) is 1. The second-order valence-electron chi connectivity index (χ2n) is 7.33. The van der Waals surface area contributed by atoms with Gasteiger partial charge in [0.2, 0.25) is 0 Å². The standard InChI is InChI=1S/C24H24N2O6S/c1-30-19-9-12-21(23(15-19)31-2)25-24(27)16-32-18-7-10-20(11-8-18)33(28,29)26-14-13-17-5-3-4-6-22(17)26/h3-12,15H,13-14,16H2,1-2H3,(H,25,27). The van der Waals surface area contributed by atoms with Crippen molar-refractivity contribution in [2.75, 3.05) is 37.0 Å². The van der Waals surface area contributed by atoms with Crippen LogP contribution in [0, 0.1) is 0 Å². The summed E-state index contributed by atoms with van der Waals surface area (Å²) in [6.07, 6.45) is 0.685. The van der Waals surface area contributed by atoms with Gasteiger partial charge >= 0.3 is 0 Å². The fourth-order valence-electron chi connectivity index (χ4n) is 3.63. The van der Waals surface area contributed by atoms with Crippen LogP contribution in [0.4, 0.5) is 11.4 Å². The Balaban J connectivity index is 1.39. The van der Waals surface area contributed by atoms with Crippen LogP contribution < -0.4 is 23.8 Å². The van der Waals surface area contributed by atoms with E-state index in [9.17, 15) is 13.2 Å². The molecule has 1 aliphatic heterocycles. The highest BCUT2D eigenvalue weighted by Crippen LogP contribution is 2.33. The van der Waals surface area contributed by atoms with E-state index in [1.807, 2.05) is 24.3 Å². The maximum absolute atomic E-state index is 13.1. The van der Waals surface area contributed by atoms with Gasteiger partial charge in [0.15, 0.2) is 6.61 Å². The average Bonchev–Trinajstić information content (AvgIpc) is 3.28. The van der Waals surface area contributed by atoms with Crippen molar-refractivity contribution < 1.29 is 27.4 Å². The molecular formula is C24H24N2O6S. The summed E-state index contributed by atoms with van der Waals surface area (Å²) in [6, 6.07) is 18.6. The molecule has 0 spiro atoms. The van der Waals surface area contributed by atoms with Crippen LogP contribution in [0.25, 0.3) is 0 Å². The number of ether oxygens (including phenoxy) is 3. The Morgan fingerprint density at radius 2 is 1.70 bits per heavy atom. The summed E-state index contributed by atoms with van der Waals surface area (Å²) in [5.41, 5.74) is 2.21. The summed E-state index contributed by atoms with van der Waals surface area (Å²) in [7, 11) is -0.640. The largest absolute Gasteiger partial charge is 0.497 e. The molecular weight excluding hydrogens is 444 g/mol. The van der Waals surface area contributed by atoms with E-state index >= 15 is 0 Å². The molecule has 0 unspecified atom stereocenters. The molecule has 1 amide bonds. The number of amides is 1. The molecule has 0 saturated heterocycles. The van der Waals surface area contributed by atoms with Gasteiger partial charge in [-0.2, -0.15) is 0 Å². The minimum atomic E-state index is -3.68. The number of carbonyl (C=O) groups excluding carboxylic acids is 1. The van der Waals surface area contributed by atoms with E-state index in [0.717, 1.165) is 5.56 Å². The Morgan fingerprint density at radius 3 is 2.42 bits per heavy atom. The maximum Gasteiger partial charge on any atom is 0.264 e. The molecule has 0 radical (unpaired) electrons. The summed E-state index contributed by atoms with van der Waals surface area (Å²) >= 11 is 0. The van der Waals surface area contributed by atoms with Gasteiger partial charge < -0.3 is 19.5 Å². The first-order valence-electron chi connectivity index (χ1n) is 10.3. The monoisotopic (exact) mass is 468 g/mol. The number of benzene rings is 3. The lowest BCUT2D eigenvalue weighted by Crippen LogP contribution is -2.29. The minimum Gasteiger partial charge on any atom is -0.497 e. The third-order valence-electron chi connectivity index (χ3n) is 5.31. The normalized spacial score (nSPS) is 12.7. The number of carbonyl (C=O) groups is 1. The number of anilines is 2. The van der Waals surface area contributed by atoms with E-state index in [4.69, 9.17) is 14.2 Å². The third kappa shape index (κ3) is 4.73. The number of nitrogens with one attached hydrogen (secondary N) is 1. The van der Waals surface area contributed by atoms with Gasteiger partial charge in [-0.15, -0.1) is 0 Å². The minimum absolute atomic E-state index is 0.166. The van der Waals surface area contributed by atoms with E-state index in [1.54, 1.807) is 25.3 Å². The van der Waals surface area contributed by atoms with Gasteiger partial charge in [-0.1, -0.05) is 18.2 Å². The highest BCUT2D eigenvalue weighted by Gasteiger charge is 2.30. The molecule has 0 atom stereocenters. The Morgan fingerprint density at radius 1 is 0.970 bits per heavy atom. The van der Waals surface area contributed by atoms with Crippen molar-refractivity contribution in [2.45, 2.75) is 11.3 Å². The van der Waals surface area contributed by atoms with Gasteiger partial charge in [-0.05, 0) is 54.4 Å². The van der Waals surface area contributed by atoms with Gasteiger partial charge in [0.1, 0.15) is 17.2 Å². The first-order valence-corrected chi connectivity index (χ1v) is 11.7. The molecule has 1 N–H and O–H groups in total. The average molecular weight is 469 g/mol. The first-order chi connectivity index (χ1) is 15.9. The summed E-state index contributed by atoms with van der Waals surface area (Å²) in [4.78, 5) is 12.5. The Kier molecular flexibility index (Phi) is 6.41. The van der Waals surface area contributed by atoms with Crippen LogP contribution in [0.1, 0.15) is 5.56 Å². The third-order valence-corrected chi connectivity index (χ3v) is 7.14. The fourth-order valence-corrected chi connectivity index (χ4v) is 5.13. The molecule has 0 bridgehead atoms. The zero-order chi connectivity index (χ0) is 23.4.